The van der Waals surface area contributed by atoms with E-state index in [0.717, 1.165) is 13.0 Å². The summed E-state index contributed by atoms with van der Waals surface area (Å²) < 4.78 is 12.0. The number of hydrogen-bond acceptors (Lipinski definition) is 3. The van der Waals surface area contributed by atoms with Gasteiger partial charge in [0.25, 0.3) is 0 Å². The lowest BCUT2D eigenvalue weighted by Gasteiger charge is -2.31. The molecule has 1 N–H and O–H groups in total. The maximum Gasteiger partial charge on any atom is 0.106 e. The third-order valence-electron chi connectivity index (χ3n) is 4.66. The lowest BCUT2D eigenvalue weighted by Crippen LogP contribution is -2.34. The summed E-state index contributed by atoms with van der Waals surface area (Å²) in [7, 11) is 2.05. The van der Waals surface area contributed by atoms with Crippen LogP contribution in [0.15, 0.2) is 24.3 Å². The SMILES string of the molecule is CNC1CCC(OCC2OCCc3ccccc32)CC1. The van der Waals surface area contributed by atoms with Gasteiger partial charge in [-0.2, -0.15) is 0 Å². The van der Waals surface area contributed by atoms with E-state index in [-0.39, 0.29) is 6.10 Å². The normalized spacial score (nSPS) is 29.9. The van der Waals surface area contributed by atoms with Crippen LogP contribution >= 0.6 is 0 Å². The van der Waals surface area contributed by atoms with Crippen molar-refractivity contribution < 1.29 is 9.47 Å². The first-order chi connectivity index (χ1) is 9.86. The summed E-state index contributed by atoms with van der Waals surface area (Å²) in [5, 5.41) is 3.36. The number of fused-ring (bicyclic) bond motifs is 1. The smallest absolute Gasteiger partial charge is 0.106 e. The predicted octanol–water partition coefficient (Wildman–Crippen LogP) is 2.85. The van der Waals surface area contributed by atoms with Crippen molar-refractivity contribution in [2.75, 3.05) is 20.3 Å². The highest BCUT2D eigenvalue weighted by Crippen LogP contribution is 2.29. The Balaban J connectivity index is 1.52. The van der Waals surface area contributed by atoms with Crippen LogP contribution in [0.3, 0.4) is 0 Å². The standard InChI is InChI=1S/C17H25NO2/c1-18-14-6-8-15(9-7-14)20-12-17-16-5-3-2-4-13(16)10-11-19-17/h2-5,14-15,17-18H,6-12H2,1H3. The van der Waals surface area contributed by atoms with E-state index in [4.69, 9.17) is 9.47 Å². The van der Waals surface area contributed by atoms with Gasteiger partial charge in [-0.1, -0.05) is 24.3 Å². The first-order valence-electron chi connectivity index (χ1n) is 7.85. The van der Waals surface area contributed by atoms with Crippen molar-refractivity contribution in [3.05, 3.63) is 35.4 Å². The van der Waals surface area contributed by atoms with Crippen LogP contribution in [-0.4, -0.2) is 32.4 Å². The van der Waals surface area contributed by atoms with Crippen molar-refractivity contribution >= 4 is 0 Å². The molecule has 1 saturated carbocycles. The molecule has 3 rings (SSSR count). The molecule has 0 spiro atoms. The Kier molecular flexibility index (Phi) is 4.71. The summed E-state index contributed by atoms with van der Waals surface area (Å²) in [4.78, 5) is 0. The van der Waals surface area contributed by atoms with E-state index in [9.17, 15) is 0 Å². The average Bonchev–Trinajstić information content (AvgIpc) is 2.53. The molecule has 3 heteroatoms. The Morgan fingerprint density at radius 2 is 2.00 bits per heavy atom. The second-order valence-electron chi connectivity index (χ2n) is 5.90. The average molecular weight is 275 g/mol. The number of rotatable bonds is 4. The Labute approximate surface area is 121 Å². The van der Waals surface area contributed by atoms with Gasteiger partial charge in [0.05, 0.1) is 19.3 Å². The van der Waals surface area contributed by atoms with Gasteiger partial charge in [-0.3, -0.25) is 0 Å². The Bertz CT molecular complexity index is 427. The van der Waals surface area contributed by atoms with Crippen LogP contribution in [0.1, 0.15) is 42.9 Å². The molecular weight excluding hydrogens is 250 g/mol. The van der Waals surface area contributed by atoms with Crippen molar-refractivity contribution in [3.8, 4) is 0 Å². The number of hydrogen-bond donors (Lipinski definition) is 1. The van der Waals surface area contributed by atoms with E-state index in [1.165, 1.54) is 36.8 Å². The molecule has 0 bridgehead atoms. The molecule has 20 heavy (non-hydrogen) atoms. The van der Waals surface area contributed by atoms with Gasteiger partial charge in [-0.05, 0) is 50.3 Å². The summed E-state index contributed by atoms with van der Waals surface area (Å²) in [6.45, 7) is 1.52. The highest BCUT2D eigenvalue weighted by molar-refractivity contribution is 5.30. The van der Waals surface area contributed by atoms with Crippen LogP contribution in [0.25, 0.3) is 0 Å². The molecule has 110 valence electrons. The van der Waals surface area contributed by atoms with Crippen molar-refractivity contribution in [3.63, 3.8) is 0 Å². The van der Waals surface area contributed by atoms with Crippen LogP contribution in [0.2, 0.25) is 0 Å². The maximum absolute atomic E-state index is 6.12. The minimum atomic E-state index is 0.127. The van der Waals surface area contributed by atoms with Gasteiger partial charge >= 0.3 is 0 Å². The Hall–Kier alpha value is -0.900. The predicted molar refractivity (Wildman–Crippen MR) is 79.9 cm³/mol. The van der Waals surface area contributed by atoms with Gasteiger partial charge in [0, 0.05) is 6.04 Å². The molecule has 1 aliphatic carbocycles. The fraction of sp³-hybridized carbons (Fsp3) is 0.647. The monoisotopic (exact) mass is 275 g/mol. The number of nitrogens with one attached hydrogen (secondary N) is 1. The molecule has 0 radical (unpaired) electrons. The molecule has 0 saturated heterocycles. The number of ether oxygens (including phenoxy) is 2. The molecular formula is C17H25NO2. The maximum atomic E-state index is 6.12. The molecule has 3 nitrogen and oxygen atoms in total. The highest BCUT2D eigenvalue weighted by atomic mass is 16.5. The van der Waals surface area contributed by atoms with Gasteiger partial charge in [0.1, 0.15) is 6.10 Å². The lowest BCUT2D eigenvalue weighted by molar-refractivity contribution is -0.0613. The third-order valence-corrected chi connectivity index (χ3v) is 4.66. The molecule has 1 aromatic rings. The van der Waals surface area contributed by atoms with Crippen molar-refractivity contribution in [1.29, 1.82) is 0 Å². The van der Waals surface area contributed by atoms with E-state index in [2.05, 4.69) is 36.6 Å². The highest BCUT2D eigenvalue weighted by Gasteiger charge is 2.24. The summed E-state index contributed by atoms with van der Waals surface area (Å²) in [6, 6.07) is 9.28. The van der Waals surface area contributed by atoms with Gasteiger partial charge in [-0.15, -0.1) is 0 Å². The first-order valence-corrected chi connectivity index (χ1v) is 7.85. The van der Waals surface area contributed by atoms with E-state index >= 15 is 0 Å². The van der Waals surface area contributed by atoms with E-state index in [0.29, 0.717) is 18.8 Å². The van der Waals surface area contributed by atoms with Gasteiger partial charge in [0.15, 0.2) is 0 Å². The quantitative estimate of drug-likeness (QED) is 0.916. The summed E-state index contributed by atoms with van der Waals surface area (Å²) >= 11 is 0. The van der Waals surface area contributed by atoms with Gasteiger partial charge in [0.2, 0.25) is 0 Å². The lowest BCUT2D eigenvalue weighted by atomic mass is 9.93. The van der Waals surface area contributed by atoms with E-state index in [1.54, 1.807) is 0 Å². The second kappa shape index (κ2) is 6.70. The third kappa shape index (κ3) is 3.22. The van der Waals surface area contributed by atoms with Crippen LogP contribution in [0.5, 0.6) is 0 Å². The van der Waals surface area contributed by atoms with E-state index in [1.807, 2.05) is 0 Å². The molecule has 1 atom stereocenters. The van der Waals surface area contributed by atoms with Gasteiger partial charge < -0.3 is 14.8 Å². The van der Waals surface area contributed by atoms with E-state index < -0.39 is 0 Å². The molecule has 1 aromatic carbocycles. The Morgan fingerprint density at radius 3 is 2.80 bits per heavy atom. The molecule has 2 aliphatic rings. The van der Waals surface area contributed by atoms with Crippen LogP contribution in [0.4, 0.5) is 0 Å². The summed E-state index contributed by atoms with van der Waals surface area (Å²) in [5.74, 6) is 0. The van der Waals surface area contributed by atoms with Crippen LogP contribution < -0.4 is 5.32 Å². The van der Waals surface area contributed by atoms with Crippen molar-refractivity contribution in [1.82, 2.24) is 5.32 Å². The Morgan fingerprint density at radius 1 is 1.20 bits per heavy atom. The molecule has 1 heterocycles. The second-order valence-corrected chi connectivity index (χ2v) is 5.90. The summed E-state index contributed by atoms with van der Waals surface area (Å²) in [5.41, 5.74) is 2.74. The minimum Gasteiger partial charge on any atom is -0.375 e. The zero-order valence-electron chi connectivity index (χ0n) is 12.3. The van der Waals surface area contributed by atoms with Crippen LogP contribution in [0, 0.1) is 0 Å². The molecule has 1 unspecified atom stereocenters. The van der Waals surface area contributed by atoms with Crippen molar-refractivity contribution in [2.24, 2.45) is 0 Å². The van der Waals surface area contributed by atoms with Gasteiger partial charge in [-0.25, -0.2) is 0 Å². The van der Waals surface area contributed by atoms with Crippen molar-refractivity contribution in [2.45, 2.75) is 50.4 Å². The zero-order chi connectivity index (χ0) is 13.8. The summed E-state index contributed by atoms with van der Waals surface area (Å²) in [6.07, 6.45) is 6.35. The fourth-order valence-electron chi connectivity index (χ4n) is 3.36. The zero-order valence-corrected chi connectivity index (χ0v) is 12.3. The number of benzene rings is 1. The fourth-order valence-corrected chi connectivity index (χ4v) is 3.36. The minimum absolute atomic E-state index is 0.127. The molecule has 1 fully saturated rings. The molecule has 0 amide bonds. The van der Waals surface area contributed by atoms with Crippen LogP contribution in [-0.2, 0) is 15.9 Å². The first kappa shape index (κ1) is 14.1. The topological polar surface area (TPSA) is 30.5 Å². The molecule has 0 aromatic heterocycles. The largest absolute Gasteiger partial charge is 0.375 e. The molecule has 1 aliphatic heterocycles.